The van der Waals surface area contributed by atoms with Gasteiger partial charge in [-0.1, -0.05) is 11.2 Å². The maximum atomic E-state index is 12.0. The Bertz CT molecular complexity index is 659. The Morgan fingerprint density at radius 3 is 2.38 bits per heavy atom. The number of aromatic nitrogens is 1. The molecule has 0 saturated heterocycles. The van der Waals surface area contributed by atoms with Crippen LogP contribution in [-0.4, -0.2) is 23.5 Å². The molecule has 0 bridgehead atoms. The molecule has 0 aliphatic heterocycles. The molecule has 6 nitrogen and oxygen atoms in total. The minimum Gasteiger partial charge on any atom is -0.360 e. The molecular formula is C15H15N3O3. The topological polar surface area (TPSA) is 84.2 Å². The summed E-state index contributed by atoms with van der Waals surface area (Å²) >= 11 is 0. The first-order chi connectivity index (χ1) is 10.1. The van der Waals surface area contributed by atoms with Gasteiger partial charge in [0.1, 0.15) is 5.76 Å². The van der Waals surface area contributed by atoms with Gasteiger partial charge < -0.3 is 15.2 Å². The Hall–Kier alpha value is -2.89. The molecule has 1 heterocycles. The summed E-state index contributed by atoms with van der Waals surface area (Å²) in [6.45, 7) is 5.65. The molecule has 0 radical (unpaired) electrons. The molecule has 1 aromatic carbocycles. The lowest BCUT2D eigenvalue weighted by molar-refractivity contribution is 0.0956. The van der Waals surface area contributed by atoms with Gasteiger partial charge in [-0.3, -0.25) is 9.59 Å². The summed E-state index contributed by atoms with van der Waals surface area (Å²) < 4.78 is 4.86. The van der Waals surface area contributed by atoms with Crippen LogP contribution in [0.25, 0.3) is 0 Å². The molecule has 2 N–H and O–H groups in total. The number of hydrogen-bond donors (Lipinski definition) is 2. The van der Waals surface area contributed by atoms with E-state index < -0.39 is 0 Å². The number of carbonyl (C=O) groups excluding carboxylic acids is 2. The van der Waals surface area contributed by atoms with Gasteiger partial charge in [0.2, 0.25) is 0 Å². The molecule has 0 aliphatic carbocycles. The smallest absolute Gasteiger partial charge is 0.256 e. The van der Waals surface area contributed by atoms with Crippen LogP contribution < -0.4 is 10.6 Å². The fourth-order valence-corrected chi connectivity index (χ4v) is 1.65. The largest absolute Gasteiger partial charge is 0.360 e. The summed E-state index contributed by atoms with van der Waals surface area (Å²) in [6.07, 6.45) is 1.60. The van der Waals surface area contributed by atoms with Crippen LogP contribution in [0.5, 0.6) is 0 Å². The van der Waals surface area contributed by atoms with E-state index in [0.29, 0.717) is 29.2 Å². The fraction of sp³-hybridized carbons (Fsp3) is 0.133. The number of nitrogens with zero attached hydrogens (tertiary/aromatic N) is 1. The first-order valence-corrected chi connectivity index (χ1v) is 6.34. The summed E-state index contributed by atoms with van der Waals surface area (Å²) in [5, 5.41) is 8.94. The molecule has 1 aromatic heterocycles. The van der Waals surface area contributed by atoms with Gasteiger partial charge in [0.15, 0.2) is 5.82 Å². The second-order valence-corrected chi connectivity index (χ2v) is 4.35. The van der Waals surface area contributed by atoms with Crippen molar-refractivity contribution in [1.82, 2.24) is 10.5 Å². The highest BCUT2D eigenvalue weighted by atomic mass is 16.5. The first kappa shape index (κ1) is 14.5. The van der Waals surface area contributed by atoms with Gasteiger partial charge in [-0.2, -0.15) is 0 Å². The summed E-state index contributed by atoms with van der Waals surface area (Å²) in [5.41, 5.74) is 0.904. The van der Waals surface area contributed by atoms with Crippen LogP contribution in [0.1, 0.15) is 26.5 Å². The summed E-state index contributed by atoms with van der Waals surface area (Å²) in [7, 11) is 0. The predicted molar refractivity (Wildman–Crippen MR) is 78.2 cm³/mol. The zero-order valence-corrected chi connectivity index (χ0v) is 11.6. The molecule has 21 heavy (non-hydrogen) atoms. The molecule has 0 atom stereocenters. The number of benzene rings is 1. The van der Waals surface area contributed by atoms with Gasteiger partial charge >= 0.3 is 0 Å². The van der Waals surface area contributed by atoms with Gasteiger partial charge in [-0.15, -0.1) is 6.58 Å². The average Bonchev–Trinajstić information content (AvgIpc) is 2.90. The quantitative estimate of drug-likeness (QED) is 0.824. The Balaban J connectivity index is 2.02. The summed E-state index contributed by atoms with van der Waals surface area (Å²) in [4.78, 5) is 23.7. The van der Waals surface area contributed by atoms with E-state index >= 15 is 0 Å². The number of carbonyl (C=O) groups is 2. The van der Waals surface area contributed by atoms with Crippen LogP contribution in [0.3, 0.4) is 0 Å². The molecular weight excluding hydrogens is 270 g/mol. The van der Waals surface area contributed by atoms with Crippen molar-refractivity contribution < 1.29 is 14.1 Å². The first-order valence-electron chi connectivity index (χ1n) is 6.34. The molecule has 108 valence electrons. The number of hydrogen-bond acceptors (Lipinski definition) is 4. The van der Waals surface area contributed by atoms with Crippen LogP contribution in [0.4, 0.5) is 5.82 Å². The molecule has 0 spiro atoms. The van der Waals surface area contributed by atoms with Crippen molar-refractivity contribution in [3.05, 3.63) is 59.9 Å². The zero-order valence-electron chi connectivity index (χ0n) is 11.6. The lowest BCUT2D eigenvalue weighted by Gasteiger charge is -2.04. The Morgan fingerprint density at radius 1 is 1.24 bits per heavy atom. The maximum absolute atomic E-state index is 12.0. The van der Waals surface area contributed by atoms with E-state index in [1.54, 1.807) is 43.3 Å². The fourth-order valence-electron chi connectivity index (χ4n) is 1.65. The Labute approximate surface area is 121 Å². The third kappa shape index (κ3) is 3.79. The third-order valence-electron chi connectivity index (χ3n) is 2.69. The molecule has 2 rings (SSSR count). The van der Waals surface area contributed by atoms with E-state index in [9.17, 15) is 9.59 Å². The van der Waals surface area contributed by atoms with Crippen LogP contribution in [0.2, 0.25) is 0 Å². The number of nitrogens with one attached hydrogen (secondary N) is 2. The monoisotopic (exact) mass is 285 g/mol. The highest BCUT2D eigenvalue weighted by Crippen LogP contribution is 2.10. The molecule has 0 fully saturated rings. The SMILES string of the molecule is C=CCNC(=O)c1ccc(C(=O)Nc2cc(C)on2)cc1. The van der Waals surface area contributed by atoms with E-state index in [0.717, 1.165) is 0 Å². The molecule has 0 unspecified atom stereocenters. The standard InChI is InChI=1S/C15H15N3O3/c1-3-8-16-14(19)11-4-6-12(7-5-11)15(20)17-13-9-10(2)21-18-13/h3-7,9H,1,8H2,2H3,(H,16,19)(H,17,18,20). The molecule has 6 heteroatoms. The van der Waals surface area contributed by atoms with Crippen LogP contribution >= 0.6 is 0 Å². The minimum absolute atomic E-state index is 0.214. The minimum atomic E-state index is -0.318. The van der Waals surface area contributed by atoms with Crippen molar-refractivity contribution >= 4 is 17.6 Å². The molecule has 2 aromatic rings. The summed E-state index contributed by atoms with van der Waals surface area (Å²) in [6, 6.07) is 7.94. The molecule has 0 aliphatic rings. The van der Waals surface area contributed by atoms with Crippen LogP contribution in [0.15, 0.2) is 47.5 Å². The van der Waals surface area contributed by atoms with Gasteiger partial charge in [-0.05, 0) is 31.2 Å². The lowest BCUT2D eigenvalue weighted by atomic mass is 10.1. The Morgan fingerprint density at radius 2 is 1.86 bits per heavy atom. The van der Waals surface area contributed by atoms with E-state index in [1.807, 2.05) is 0 Å². The van der Waals surface area contributed by atoms with Crippen molar-refractivity contribution in [2.24, 2.45) is 0 Å². The number of aryl methyl sites for hydroxylation is 1. The molecule has 2 amide bonds. The van der Waals surface area contributed by atoms with E-state index in [1.165, 1.54) is 0 Å². The highest BCUT2D eigenvalue weighted by molar-refractivity contribution is 6.04. The van der Waals surface area contributed by atoms with Crippen molar-refractivity contribution in [3.8, 4) is 0 Å². The number of rotatable bonds is 5. The maximum Gasteiger partial charge on any atom is 0.256 e. The normalized spacial score (nSPS) is 9.95. The highest BCUT2D eigenvalue weighted by Gasteiger charge is 2.10. The molecule has 0 saturated carbocycles. The summed E-state index contributed by atoms with van der Waals surface area (Å²) in [5.74, 6) is 0.431. The van der Waals surface area contributed by atoms with E-state index in [-0.39, 0.29) is 11.8 Å². The van der Waals surface area contributed by atoms with E-state index in [4.69, 9.17) is 4.52 Å². The number of amides is 2. The van der Waals surface area contributed by atoms with Gasteiger partial charge in [0.05, 0.1) is 0 Å². The Kier molecular flexibility index (Phi) is 4.50. The van der Waals surface area contributed by atoms with Gasteiger partial charge in [0, 0.05) is 23.7 Å². The van der Waals surface area contributed by atoms with Gasteiger partial charge in [-0.25, -0.2) is 0 Å². The predicted octanol–water partition coefficient (Wildman–Crippen LogP) is 2.15. The van der Waals surface area contributed by atoms with Crippen molar-refractivity contribution in [2.45, 2.75) is 6.92 Å². The second kappa shape index (κ2) is 6.51. The second-order valence-electron chi connectivity index (χ2n) is 4.35. The van der Waals surface area contributed by atoms with Crippen molar-refractivity contribution in [1.29, 1.82) is 0 Å². The van der Waals surface area contributed by atoms with Crippen LogP contribution in [-0.2, 0) is 0 Å². The zero-order chi connectivity index (χ0) is 15.2. The van der Waals surface area contributed by atoms with Crippen molar-refractivity contribution in [3.63, 3.8) is 0 Å². The average molecular weight is 285 g/mol. The third-order valence-corrected chi connectivity index (χ3v) is 2.69. The van der Waals surface area contributed by atoms with Crippen LogP contribution in [0, 0.1) is 6.92 Å². The number of anilines is 1. The van der Waals surface area contributed by atoms with Gasteiger partial charge in [0.25, 0.3) is 11.8 Å². The lowest BCUT2D eigenvalue weighted by Crippen LogP contribution is -2.23. The van der Waals surface area contributed by atoms with Crippen molar-refractivity contribution in [2.75, 3.05) is 11.9 Å². The van der Waals surface area contributed by atoms with E-state index in [2.05, 4.69) is 22.4 Å².